The molecule has 1 N–H and O–H groups in total. The summed E-state index contributed by atoms with van der Waals surface area (Å²) in [4.78, 5) is 18.4. The third-order valence-corrected chi connectivity index (χ3v) is 5.74. The van der Waals surface area contributed by atoms with E-state index in [0.717, 1.165) is 22.8 Å². The summed E-state index contributed by atoms with van der Waals surface area (Å²) in [6.07, 6.45) is -4.60. The Morgan fingerprint density at radius 1 is 0.971 bits per heavy atom. The monoisotopic (exact) mass is 464 g/mol. The molecule has 0 saturated carbocycles. The number of hydrogen-bond donors (Lipinski definition) is 1. The maximum atomic E-state index is 13.5. The number of nitrogens with one attached hydrogen (secondary N) is 1. The molecule has 4 nitrogen and oxygen atoms in total. The first-order valence-corrected chi connectivity index (χ1v) is 10.6. The number of aromatic nitrogens is 1. The van der Waals surface area contributed by atoms with Crippen molar-refractivity contribution in [1.29, 1.82) is 0 Å². The predicted molar refractivity (Wildman–Crippen MR) is 127 cm³/mol. The molecule has 0 aliphatic heterocycles. The highest BCUT2D eigenvalue weighted by atomic mass is 19.4. The van der Waals surface area contributed by atoms with Gasteiger partial charge in [0.25, 0.3) is 5.91 Å². The molecule has 0 unspecified atom stereocenters. The van der Waals surface area contributed by atoms with E-state index in [4.69, 9.17) is 9.72 Å². The van der Waals surface area contributed by atoms with E-state index in [-0.39, 0.29) is 5.69 Å². The van der Waals surface area contributed by atoms with E-state index in [0.29, 0.717) is 33.5 Å². The summed E-state index contributed by atoms with van der Waals surface area (Å²) in [5.41, 5.74) is 3.44. The fraction of sp³-hybridized carbons (Fsp3) is 0.185. The van der Waals surface area contributed by atoms with Crippen LogP contribution in [0.2, 0.25) is 0 Å². The Morgan fingerprint density at radius 3 is 2.29 bits per heavy atom. The fourth-order valence-corrected chi connectivity index (χ4v) is 4.16. The van der Waals surface area contributed by atoms with Crippen LogP contribution in [0.15, 0.2) is 60.7 Å². The number of carbonyl (C=O) groups is 1. The van der Waals surface area contributed by atoms with Gasteiger partial charge in [-0.15, -0.1) is 0 Å². The molecule has 0 bridgehead atoms. The SMILES string of the molecule is COc1ccc(-c2nc3c(C)cc(C)cc3c(C(=O)Nc3ccccc3C(F)(F)F)c2C)cc1. The van der Waals surface area contributed by atoms with Gasteiger partial charge in [0.15, 0.2) is 0 Å². The zero-order valence-electron chi connectivity index (χ0n) is 19.2. The molecular weight excluding hydrogens is 441 g/mol. The molecule has 0 fully saturated rings. The normalized spacial score (nSPS) is 11.5. The molecule has 34 heavy (non-hydrogen) atoms. The number of ether oxygens (including phenoxy) is 1. The highest BCUT2D eigenvalue weighted by Crippen LogP contribution is 2.36. The lowest BCUT2D eigenvalue weighted by molar-refractivity contribution is -0.136. The molecule has 174 valence electrons. The van der Waals surface area contributed by atoms with Crippen molar-refractivity contribution in [2.75, 3.05) is 12.4 Å². The van der Waals surface area contributed by atoms with E-state index < -0.39 is 17.6 Å². The second-order valence-electron chi connectivity index (χ2n) is 8.16. The topological polar surface area (TPSA) is 51.2 Å². The van der Waals surface area contributed by atoms with E-state index in [1.165, 1.54) is 18.2 Å². The van der Waals surface area contributed by atoms with Crippen LogP contribution >= 0.6 is 0 Å². The van der Waals surface area contributed by atoms with E-state index in [1.807, 2.05) is 38.1 Å². The Morgan fingerprint density at radius 2 is 1.65 bits per heavy atom. The van der Waals surface area contributed by atoms with Gasteiger partial charge in [-0.1, -0.05) is 23.8 Å². The standard InChI is InChI=1S/C27H23F3N2O2/c1-15-13-16(2)24-20(14-15)23(17(3)25(32-24)18-9-11-19(34-4)12-10-18)26(33)31-22-8-6-5-7-21(22)27(28,29)30/h5-14H,1-4H3,(H,31,33). The molecule has 0 radical (unpaired) electrons. The zero-order valence-corrected chi connectivity index (χ0v) is 19.2. The summed E-state index contributed by atoms with van der Waals surface area (Å²) in [6.45, 7) is 5.56. The molecule has 4 rings (SSSR count). The van der Waals surface area contributed by atoms with Gasteiger partial charge in [0.2, 0.25) is 0 Å². The van der Waals surface area contributed by atoms with Gasteiger partial charge in [-0.3, -0.25) is 4.79 Å². The molecule has 1 amide bonds. The number of hydrogen-bond acceptors (Lipinski definition) is 3. The smallest absolute Gasteiger partial charge is 0.418 e. The second kappa shape index (κ2) is 8.82. The van der Waals surface area contributed by atoms with Gasteiger partial charge in [0.1, 0.15) is 5.75 Å². The van der Waals surface area contributed by atoms with E-state index in [2.05, 4.69) is 5.32 Å². The molecule has 7 heteroatoms. The number of anilines is 1. The molecular formula is C27H23F3N2O2. The quantitative estimate of drug-likeness (QED) is 0.350. The third-order valence-electron chi connectivity index (χ3n) is 5.74. The molecule has 0 atom stereocenters. The van der Waals surface area contributed by atoms with Crippen LogP contribution in [0.3, 0.4) is 0 Å². The highest BCUT2D eigenvalue weighted by molar-refractivity contribution is 6.15. The third kappa shape index (κ3) is 4.33. The molecule has 0 spiro atoms. The van der Waals surface area contributed by atoms with Gasteiger partial charge in [0.05, 0.1) is 35.1 Å². The molecule has 4 aromatic rings. The van der Waals surface area contributed by atoms with Crippen molar-refractivity contribution in [3.63, 3.8) is 0 Å². The summed E-state index contributed by atoms with van der Waals surface area (Å²) in [7, 11) is 1.57. The van der Waals surface area contributed by atoms with Crippen molar-refractivity contribution in [3.05, 3.63) is 88.5 Å². The fourth-order valence-electron chi connectivity index (χ4n) is 4.16. The van der Waals surface area contributed by atoms with Gasteiger partial charge in [-0.05, 0) is 74.4 Å². The summed E-state index contributed by atoms with van der Waals surface area (Å²) >= 11 is 0. The maximum absolute atomic E-state index is 13.5. The average Bonchev–Trinajstić information content (AvgIpc) is 2.78. The Hall–Kier alpha value is -3.87. The van der Waals surface area contributed by atoms with Crippen LogP contribution in [0.25, 0.3) is 22.2 Å². The lowest BCUT2D eigenvalue weighted by Gasteiger charge is -2.18. The summed E-state index contributed by atoms with van der Waals surface area (Å²) < 4.78 is 45.8. The van der Waals surface area contributed by atoms with Crippen molar-refractivity contribution >= 4 is 22.5 Å². The predicted octanol–water partition coefficient (Wildman–Crippen LogP) is 7.11. The Bertz CT molecular complexity index is 1390. The number of carbonyl (C=O) groups excluding carboxylic acids is 1. The van der Waals surface area contributed by atoms with Gasteiger partial charge in [-0.2, -0.15) is 13.2 Å². The van der Waals surface area contributed by atoms with Gasteiger partial charge in [0, 0.05) is 10.9 Å². The second-order valence-corrected chi connectivity index (χ2v) is 8.16. The van der Waals surface area contributed by atoms with Gasteiger partial charge in [-0.25, -0.2) is 4.98 Å². The van der Waals surface area contributed by atoms with Crippen molar-refractivity contribution in [2.45, 2.75) is 26.9 Å². The molecule has 0 aliphatic carbocycles. The van der Waals surface area contributed by atoms with Crippen molar-refractivity contribution < 1.29 is 22.7 Å². The highest BCUT2D eigenvalue weighted by Gasteiger charge is 2.34. The largest absolute Gasteiger partial charge is 0.497 e. The number of para-hydroxylation sites is 1. The van der Waals surface area contributed by atoms with E-state index >= 15 is 0 Å². The van der Waals surface area contributed by atoms with E-state index in [1.54, 1.807) is 26.2 Å². The zero-order chi connectivity index (χ0) is 24.6. The summed E-state index contributed by atoms with van der Waals surface area (Å²) in [6, 6.07) is 16.0. The molecule has 0 aliphatic rings. The van der Waals surface area contributed by atoms with Crippen LogP contribution in [-0.2, 0) is 6.18 Å². The van der Waals surface area contributed by atoms with Crippen LogP contribution in [0.1, 0.15) is 32.6 Å². The first kappa shape index (κ1) is 23.3. The minimum atomic E-state index is -4.60. The minimum absolute atomic E-state index is 0.291. The number of alkyl halides is 3. The maximum Gasteiger partial charge on any atom is 0.418 e. The number of fused-ring (bicyclic) bond motifs is 1. The first-order valence-electron chi connectivity index (χ1n) is 10.6. The Balaban J connectivity index is 1.92. The van der Waals surface area contributed by atoms with Crippen molar-refractivity contribution in [1.82, 2.24) is 4.98 Å². The van der Waals surface area contributed by atoms with Crippen LogP contribution in [0, 0.1) is 20.8 Å². The lowest BCUT2D eigenvalue weighted by atomic mass is 9.94. The molecule has 0 saturated heterocycles. The number of pyridine rings is 1. The summed E-state index contributed by atoms with van der Waals surface area (Å²) in [5.74, 6) is 0.0529. The Kier molecular flexibility index (Phi) is 6.04. The van der Waals surface area contributed by atoms with Crippen LogP contribution in [0.5, 0.6) is 5.75 Å². The first-order chi connectivity index (χ1) is 16.1. The molecule has 3 aromatic carbocycles. The van der Waals surface area contributed by atoms with Crippen LogP contribution in [-0.4, -0.2) is 18.0 Å². The van der Waals surface area contributed by atoms with Crippen molar-refractivity contribution in [3.8, 4) is 17.0 Å². The number of benzene rings is 3. The number of halogens is 3. The van der Waals surface area contributed by atoms with Crippen LogP contribution < -0.4 is 10.1 Å². The number of aryl methyl sites for hydroxylation is 2. The number of methoxy groups -OCH3 is 1. The minimum Gasteiger partial charge on any atom is -0.497 e. The van der Waals surface area contributed by atoms with Crippen molar-refractivity contribution in [2.24, 2.45) is 0 Å². The number of amides is 1. The van der Waals surface area contributed by atoms with Gasteiger partial charge >= 0.3 is 6.18 Å². The number of nitrogens with zero attached hydrogens (tertiary/aromatic N) is 1. The van der Waals surface area contributed by atoms with Crippen LogP contribution in [0.4, 0.5) is 18.9 Å². The molecule has 1 heterocycles. The number of rotatable bonds is 4. The summed E-state index contributed by atoms with van der Waals surface area (Å²) in [5, 5.41) is 3.09. The Labute approximate surface area is 195 Å². The average molecular weight is 464 g/mol. The lowest BCUT2D eigenvalue weighted by Crippen LogP contribution is -2.18. The molecule has 1 aromatic heterocycles. The van der Waals surface area contributed by atoms with Gasteiger partial charge < -0.3 is 10.1 Å². The van der Waals surface area contributed by atoms with E-state index in [9.17, 15) is 18.0 Å².